The van der Waals surface area contributed by atoms with E-state index in [9.17, 15) is 4.79 Å². The standard InChI is InChI=1S/C28H27N3O3/c29-17-21-15-22-26(18-7-3-1-4-8-18)27(19-9-5-2-6-10-19)30-31(22)28(32)25(21)20-11-12-23-24(16-20)34-14-13-33-23/h2,5-7,9-12,16H,1,3-4,8,13-15,17,29H2. The molecule has 0 radical (unpaired) electrons. The molecule has 2 aromatic carbocycles. The minimum atomic E-state index is -0.141. The molecule has 0 bridgehead atoms. The van der Waals surface area contributed by atoms with Crippen molar-refractivity contribution in [2.45, 2.75) is 32.1 Å². The summed E-state index contributed by atoms with van der Waals surface area (Å²) in [4.78, 5) is 13.9. The second kappa shape index (κ2) is 8.61. The van der Waals surface area contributed by atoms with Gasteiger partial charge in [0, 0.05) is 29.7 Å². The van der Waals surface area contributed by atoms with Crippen molar-refractivity contribution < 1.29 is 14.3 Å². The van der Waals surface area contributed by atoms with Crippen LogP contribution < -0.4 is 15.2 Å². The van der Waals surface area contributed by atoms with Gasteiger partial charge < -0.3 is 15.2 Å². The van der Waals surface area contributed by atoms with Gasteiger partial charge in [0.25, 0.3) is 5.91 Å². The lowest BCUT2D eigenvalue weighted by molar-refractivity contribution is 0.0958. The molecule has 0 atom stereocenters. The van der Waals surface area contributed by atoms with Crippen LogP contribution in [-0.4, -0.2) is 35.4 Å². The quantitative estimate of drug-likeness (QED) is 0.609. The van der Waals surface area contributed by atoms with Gasteiger partial charge in [-0.1, -0.05) is 42.5 Å². The van der Waals surface area contributed by atoms with Crippen LogP contribution in [-0.2, 0) is 6.42 Å². The number of ether oxygens (including phenoxy) is 2. The van der Waals surface area contributed by atoms with Gasteiger partial charge in [0.1, 0.15) is 18.9 Å². The van der Waals surface area contributed by atoms with E-state index in [1.54, 1.807) is 4.68 Å². The molecule has 6 nitrogen and oxygen atoms in total. The van der Waals surface area contributed by atoms with Crippen LogP contribution in [0.1, 0.15) is 47.3 Å². The maximum atomic E-state index is 13.9. The molecule has 3 aromatic rings. The third kappa shape index (κ3) is 3.46. The van der Waals surface area contributed by atoms with Crippen molar-refractivity contribution in [3.63, 3.8) is 0 Å². The molecule has 1 aliphatic carbocycles. The minimum Gasteiger partial charge on any atom is -0.486 e. The highest BCUT2D eigenvalue weighted by molar-refractivity contribution is 6.23. The van der Waals surface area contributed by atoms with Crippen LogP contribution in [0.15, 0.2) is 60.2 Å². The normalized spacial score (nSPS) is 17.4. The summed E-state index contributed by atoms with van der Waals surface area (Å²) in [6.07, 6.45) is 7.34. The van der Waals surface area contributed by atoms with Crippen molar-refractivity contribution in [2.75, 3.05) is 19.8 Å². The SMILES string of the molecule is NCC1=C(c2ccc3c(c2)OCCO3)C(=O)n2nc(-c3ccccc3)c(C3=CCCCC3)c2C1. The molecule has 0 amide bonds. The molecular formula is C28H27N3O3. The highest BCUT2D eigenvalue weighted by Gasteiger charge is 2.33. The molecule has 172 valence electrons. The molecule has 1 aromatic heterocycles. The monoisotopic (exact) mass is 453 g/mol. The number of hydrogen-bond donors (Lipinski definition) is 1. The highest BCUT2D eigenvalue weighted by Crippen LogP contribution is 2.41. The van der Waals surface area contributed by atoms with Crippen LogP contribution in [0.5, 0.6) is 11.5 Å². The molecule has 2 aliphatic heterocycles. The van der Waals surface area contributed by atoms with E-state index in [4.69, 9.17) is 20.3 Å². The van der Waals surface area contributed by atoms with Crippen LogP contribution in [0.4, 0.5) is 0 Å². The predicted molar refractivity (Wildman–Crippen MR) is 132 cm³/mol. The first-order chi connectivity index (χ1) is 16.7. The van der Waals surface area contributed by atoms with Crippen LogP contribution in [0.3, 0.4) is 0 Å². The number of benzene rings is 2. The number of rotatable bonds is 4. The third-order valence-electron chi connectivity index (χ3n) is 6.86. The molecular weight excluding hydrogens is 426 g/mol. The molecule has 0 saturated heterocycles. The van der Waals surface area contributed by atoms with Gasteiger partial charge >= 0.3 is 0 Å². The number of carbonyl (C=O) groups excluding carboxylic acids is 1. The number of aromatic nitrogens is 2. The summed E-state index contributed by atoms with van der Waals surface area (Å²) >= 11 is 0. The maximum absolute atomic E-state index is 13.9. The van der Waals surface area contributed by atoms with E-state index in [2.05, 4.69) is 18.2 Å². The number of fused-ring (bicyclic) bond motifs is 2. The molecule has 6 heteroatoms. The second-order valence-corrected chi connectivity index (χ2v) is 8.95. The summed E-state index contributed by atoms with van der Waals surface area (Å²) < 4.78 is 13.0. The first kappa shape index (κ1) is 20.9. The Bertz CT molecular complexity index is 1330. The third-order valence-corrected chi connectivity index (χ3v) is 6.86. The number of carbonyl (C=O) groups is 1. The number of hydrogen-bond acceptors (Lipinski definition) is 5. The molecule has 3 heterocycles. The number of nitrogens with two attached hydrogens (primary N) is 1. The molecule has 34 heavy (non-hydrogen) atoms. The molecule has 6 rings (SSSR count). The Morgan fingerprint density at radius 2 is 1.79 bits per heavy atom. The average Bonchev–Trinajstić information content (AvgIpc) is 3.29. The zero-order valence-electron chi connectivity index (χ0n) is 19.0. The number of nitrogens with zero attached hydrogens (tertiary/aromatic N) is 2. The van der Waals surface area contributed by atoms with E-state index >= 15 is 0 Å². The molecule has 0 saturated carbocycles. The maximum Gasteiger partial charge on any atom is 0.279 e. The Morgan fingerprint density at radius 1 is 0.971 bits per heavy atom. The Kier molecular flexibility index (Phi) is 5.30. The fraction of sp³-hybridized carbons (Fsp3) is 0.286. The minimum absolute atomic E-state index is 0.141. The van der Waals surface area contributed by atoms with Crippen molar-refractivity contribution in [2.24, 2.45) is 5.73 Å². The van der Waals surface area contributed by atoms with Crippen molar-refractivity contribution in [3.8, 4) is 22.8 Å². The van der Waals surface area contributed by atoms with Gasteiger partial charge in [0.2, 0.25) is 0 Å². The summed E-state index contributed by atoms with van der Waals surface area (Å²) in [6, 6.07) is 15.8. The van der Waals surface area contributed by atoms with E-state index in [1.165, 1.54) is 12.0 Å². The molecule has 0 fully saturated rings. The molecule has 0 spiro atoms. The van der Waals surface area contributed by atoms with Crippen molar-refractivity contribution in [1.29, 1.82) is 0 Å². The average molecular weight is 454 g/mol. The van der Waals surface area contributed by atoms with Gasteiger partial charge in [-0.15, -0.1) is 0 Å². The topological polar surface area (TPSA) is 79.4 Å². The summed E-state index contributed by atoms with van der Waals surface area (Å²) in [5.74, 6) is 1.22. The van der Waals surface area contributed by atoms with Gasteiger partial charge in [0.05, 0.1) is 5.69 Å². The van der Waals surface area contributed by atoms with Gasteiger partial charge in [-0.3, -0.25) is 4.79 Å². The van der Waals surface area contributed by atoms with Gasteiger partial charge in [-0.2, -0.15) is 9.78 Å². The van der Waals surface area contributed by atoms with Gasteiger partial charge in [-0.05, 0) is 54.5 Å². The van der Waals surface area contributed by atoms with E-state index in [0.29, 0.717) is 43.3 Å². The van der Waals surface area contributed by atoms with Crippen LogP contribution >= 0.6 is 0 Å². The smallest absolute Gasteiger partial charge is 0.279 e. The summed E-state index contributed by atoms with van der Waals surface area (Å²) in [6.45, 7) is 1.33. The largest absolute Gasteiger partial charge is 0.486 e. The summed E-state index contributed by atoms with van der Waals surface area (Å²) in [5.41, 5.74) is 13.8. The first-order valence-corrected chi connectivity index (χ1v) is 12.0. The van der Waals surface area contributed by atoms with E-state index in [1.807, 2.05) is 36.4 Å². The van der Waals surface area contributed by atoms with Gasteiger partial charge in [-0.25, -0.2) is 0 Å². The zero-order chi connectivity index (χ0) is 23.1. The van der Waals surface area contributed by atoms with Crippen molar-refractivity contribution in [1.82, 2.24) is 9.78 Å². The van der Waals surface area contributed by atoms with E-state index in [-0.39, 0.29) is 5.91 Å². The lowest BCUT2D eigenvalue weighted by Crippen LogP contribution is -2.27. The van der Waals surface area contributed by atoms with E-state index < -0.39 is 0 Å². The fourth-order valence-corrected chi connectivity index (χ4v) is 5.23. The lowest BCUT2D eigenvalue weighted by Gasteiger charge is -2.24. The molecule has 3 aliphatic rings. The summed E-state index contributed by atoms with van der Waals surface area (Å²) in [7, 11) is 0. The molecule has 0 unspecified atom stereocenters. The lowest BCUT2D eigenvalue weighted by atomic mass is 9.86. The van der Waals surface area contributed by atoms with Crippen LogP contribution in [0.25, 0.3) is 22.4 Å². The molecule has 2 N–H and O–H groups in total. The Labute approximate surface area is 198 Å². The first-order valence-electron chi connectivity index (χ1n) is 12.0. The Morgan fingerprint density at radius 3 is 2.56 bits per heavy atom. The number of allylic oxidation sites excluding steroid dienone is 3. The van der Waals surface area contributed by atoms with Crippen molar-refractivity contribution in [3.05, 3.63) is 77.0 Å². The summed E-state index contributed by atoms with van der Waals surface area (Å²) in [5, 5.41) is 4.90. The van der Waals surface area contributed by atoms with Gasteiger partial charge in [0.15, 0.2) is 11.5 Å². The fourth-order valence-electron chi connectivity index (χ4n) is 5.23. The van der Waals surface area contributed by atoms with Crippen molar-refractivity contribution >= 4 is 17.1 Å². The predicted octanol–water partition coefficient (Wildman–Crippen LogP) is 4.89. The van der Waals surface area contributed by atoms with Crippen LogP contribution in [0, 0.1) is 0 Å². The van der Waals surface area contributed by atoms with E-state index in [0.717, 1.165) is 52.9 Å². The zero-order valence-corrected chi connectivity index (χ0v) is 19.0. The Balaban J connectivity index is 1.51. The van der Waals surface area contributed by atoms with Crippen LogP contribution in [0.2, 0.25) is 0 Å². The second-order valence-electron chi connectivity index (χ2n) is 8.95. The Hall–Kier alpha value is -3.64. The highest BCUT2D eigenvalue weighted by atomic mass is 16.6.